The van der Waals surface area contributed by atoms with Crippen LogP contribution in [0.1, 0.15) is 25.0 Å². The molecule has 29 heavy (non-hydrogen) atoms. The summed E-state index contributed by atoms with van der Waals surface area (Å²) in [6, 6.07) is 11.0. The maximum atomic E-state index is 12.3. The van der Waals surface area contributed by atoms with E-state index >= 15 is 0 Å². The van der Waals surface area contributed by atoms with Crippen molar-refractivity contribution >= 4 is 52.1 Å². The van der Waals surface area contributed by atoms with E-state index < -0.39 is 5.97 Å². The predicted octanol–water partition coefficient (Wildman–Crippen LogP) is 5.64. The second kappa shape index (κ2) is 9.45. The Hall–Kier alpha value is -2.32. The highest BCUT2D eigenvalue weighted by Crippen LogP contribution is 2.38. The largest absolute Gasteiger partial charge is 0.490 e. The van der Waals surface area contributed by atoms with Crippen LogP contribution in [0.25, 0.3) is 6.08 Å². The molecule has 0 aromatic heterocycles. The maximum Gasteiger partial charge on any atom is 0.363 e. The van der Waals surface area contributed by atoms with Crippen molar-refractivity contribution in [2.75, 3.05) is 13.2 Å². The van der Waals surface area contributed by atoms with Crippen LogP contribution in [0, 0.1) is 3.57 Å². The van der Waals surface area contributed by atoms with Crippen molar-refractivity contribution in [1.82, 2.24) is 0 Å². The van der Waals surface area contributed by atoms with E-state index in [1.807, 2.05) is 38.1 Å². The van der Waals surface area contributed by atoms with E-state index in [-0.39, 0.29) is 11.6 Å². The van der Waals surface area contributed by atoms with Gasteiger partial charge in [0.1, 0.15) is 6.61 Å². The molecule has 1 aliphatic rings. The second-order valence-corrected chi connectivity index (χ2v) is 8.00. The summed E-state index contributed by atoms with van der Waals surface area (Å²) in [7, 11) is 0. The number of halogens is 2. The van der Waals surface area contributed by atoms with Crippen molar-refractivity contribution < 1.29 is 19.0 Å². The van der Waals surface area contributed by atoms with Crippen LogP contribution in [-0.4, -0.2) is 25.1 Å². The smallest absolute Gasteiger partial charge is 0.363 e. The van der Waals surface area contributed by atoms with Crippen LogP contribution in [0.4, 0.5) is 0 Å². The Morgan fingerprint density at radius 2 is 2.00 bits per heavy atom. The Kier molecular flexibility index (Phi) is 6.97. The fourth-order valence-electron chi connectivity index (χ4n) is 2.55. The number of hydrogen-bond acceptors (Lipinski definition) is 5. The lowest BCUT2D eigenvalue weighted by Gasteiger charge is -2.14. The quantitative estimate of drug-likeness (QED) is 0.204. The van der Waals surface area contributed by atoms with E-state index in [0.29, 0.717) is 35.3 Å². The lowest BCUT2D eigenvalue weighted by molar-refractivity contribution is -0.129. The molecule has 2 aromatic carbocycles. The van der Waals surface area contributed by atoms with Crippen molar-refractivity contribution in [3.8, 4) is 11.5 Å². The first-order valence-electron chi connectivity index (χ1n) is 8.89. The van der Waals surface area contributed by atoms with E-state index in [1.54, 1.807) is 18.2 Å². The zero-order chi connectivity index (χ0) is 21.0. The van der Waals surface area contributed by atoms with Gasteiger partial charge in [-0.05, 0) is 90.0 Å². The minimum atomic E-state index is -0.518. The van der Waals surface area contributed by atoms with Crippen molar-refractivity contribution in [3.63, 3.8) is 0 Å². The average Bonchev–Trinajstić information content (AvgIpc) is 3.02. The monoisotopic (exact) mass is 523 g/mol. The van der Waals surface area contributed by atoms with E-state index in [0.717, 1.165) is 14.7 Å². The summed E-state index contributed by atoms with van der Waals surface area (Å²) < 4.78 is 17.8. The molecule has 0 spiro atoms. The number of rotatable bonds is 7. The molecule has 0 fully saturated rings. The molecule has 0 radical (unpaired) electrons. The Morgan fingerprint density at radius 1 is 1.28 bits per heavy atom. The first kappa shape index (κ1) is 21.4. The second-order valence-electron chi connectivity index (χ2n) is 6.35. The molecule has 0 aliphatic carbocycles. The highest BCUT2D eigenvalue weighted by atomic mass is 127. The van der Waals surface area contributed by atoms with E-state index in [2.05, 4.69) is 34.2 Å². The molecule has 0 saturated carbocycles. The van der Waals surface area contributed by atoms with Gasteiger partial charge < -0.3 is 14.2 Å². The minimum absolute atomic E-state index is 0.188. The van der Waals surface area contributed by atoms with Crippen LogP contribution in [0.5, 0.6) is 11.5 Å². The third kappa shape index (κ3) is 5.39. The zero-order valence-corrected chi connectivity index (χ0v) is 18.9. The van der Waals surface area contributed by atoms with Crippen LogP contribution in [-0.2, 0) is 9.53 Å². The number of aliphatic imine (C=N–C) groups is 1. The number of nitrogens with zero attached hydrogens (tertiary/aromatic N) is 1. The fraction of sp³-hybridized carbons (Fsp3) is 0.182. The number of cyclic esters (lactones) is 1. The lowest BCUT2D eigenvalue weighted by atomic mass is 10.1. The zero-order valence-electron chi connectivity index (χ0n) is 16.0. The predicted molar refractivity (Wildman–Crippen MR) is 123 cm³/mol. The Balaban J connectivity index is 1.93. The molecule has 0 atom stereocenters. The first-order valence-corrected chi connectivity index (χ1v) is 10.3. The maximum absolute atomic E-state index is 12.3. The molecule has 0 amide bonds. The van der Waals surface area contributed by atoms with Gasteiger partial charge in [0.05, 0.1) is 11.6 Å². The summed E-state index contributed by atoms with van der Waals surface area (Å²) in [6.07, 6.45) is 1.61. The van der Waals surface area contributed by atoms with Crippen LogP contribution >= 0.6 is 34.2 Å². The van der Waals surface area contributed by atoms with Gasteiger partial charge >= 0.3 is 5.97 Å². The van der Waals surface area contributed by atoms with Gasteiger partial charge in [-0.15, -0.1) is 0 Å². The van der Waals surface area contributed by atoms with Gasteiger partial charge in [0, 0.05) is 9.13 Å². The molecular weight excluding hydrogens is 505 g/mol. The Bertz CT molecular complexity index is 1010. The number of esters is 1. The fourth-order valence-corrected chi connectivity index (χ4v) is 3.19. The average molecular weight is 524 g/mol. The van der Waals surface area contributed by atoms with Crippen LogP contribution in [0.2, 0.25) is 5.02 Å². The van der Waals surface area contributed by atoms with Gasteiger partial charge in [0.15, 0.2) is 17.2 Å². The van der Waals surface area contributed by atoms with Crippen LogP contribution in [0.3, 0.4) is 0 Å². The van der Waals surface area contributed by atoms with Crippen LogP contribution in [0.15, 0.2) is 59.2 Å². The highest BCUT2D eigenvalue weighted by Gasteiger charge is 2.24. The summed E-state index contributed by atoms with van der Waals surface area (Å²) >= 11 is 8.61. The standard InChI is InChI=1S/C22H19ClINO4/c1-4-27-19-11-14(9-17(23)20(19)28-12-13(2)3)10-18-22(26)29-21(25-18)15-5-7-16(24)8-6-15/h5-11H,2,4,12H2,1,3H3/b18-10-. The summed E-state index contributed by atoms with van der Waals surface area (Å²) in [5.74, 6) is 0.683. The number of benzene rings is 2. The van der Waals surface area contributed by atoms with Crippen molar-refractivity contribution in [1.29, 1.82) is 0 Å². The SMILES string of the molecule is C=C(C)COc1c(Cl)cc(/C=C2\N=C(c3ccc(I)cc3)OC2=O)cc1OCC. The van der Waals surface area contributed by atoms with E-state index in [4.69, 9.17) is 25.8 Å². The van der Waals surface area contributed by atoms with Gasteiger partial charge in [-0.3, -0.25) is 0 Å². The molecule has 0 unspecified atom stereocenters. The first-order chi connectivity index (χ1) is 13.9. The van der Waals surface area contributed by atoms with Gasteiger partial charge in [0.2, 0.25) is 5.90 Å². The molecule has 0 saturated heterocycles. The Labute approximate surface area is 188 Å². The van der Waals surface area contributed by atoms with Crippen molar-refractivity contribution in [2.45, 2.75) is 13.8 Å². The molecule has 1 heterocycles. The summed E-state index contributed by atoms with van der Waals surface area (Å²) in [5.41, 5.74) is 2.44. The number of hydrogen-bond donors (Lipinski definition) is 0. The van der Waals surface area contributed by atoms with Gasteiger partial charge in [-0.25, -0.2) is 9.79 Å². The van der Waals surface area contributed by atoms with Gasteiger partial charge in [-0.1, -0.05) is 18.2 Å². The highest BCUT2D eigenvalue weighted by molar-refractivity contribution is 14.1. The molecule has 5 nitrogen and oxygen atoms in total. The molecule has 0 bridgehead atoms. The van der Waals surface area contributed by atoms with Crippen molar-refractivity contribution in [2.24, 2.45) is 4.99 Å². The van der Waals surface area contributed by atoms with E-state index in [9.17, 15) is 4.79 Å². The third-order valence-electron chi connectivity index (χ3n) is 3.81. The van der Waals surface area contributed by atoms with Gasteiger partial charge in [-0.2, -0.15) is 0 Å². The van der Waals surface area contributed by atoms with Crippen molar-refractivity contribution in [3.05, 3.63) is 74.0 Å². The minimum Gasteiger partial charge on any atom is -0.490 e. The van der Waals surface area contributed by atoms with Gasteiger partial charge in [0.25, 0.3) is 0 Å². The molecule has 150 valence electrons. The summed E-state index contributed by atoms with van der Waals surface area (Å²) in [5, 5.41) is 0.372. The molecule has 0 N–H and O–H groups in total. The van der Waals surface area contributed by atoms with E-state index in [1.165, 1.54) is 0 Å². The number of ether oxygens (including phenoxy) is 3. The molecule has 7 heteroatoms. The molecule has 1 aliphatic heterocycles. The Morgan fingerprint density at radius 3 is 2.66 bits per heavy atom. The number of carbonyl (C=O) groups excluding carboxylic acids is 1. The summed E-state index contributed by atoms with van der Waals surface area (Å²) in [4.78, 5) is 16.6. The van der Waals surface area contributed by atoms with Crippen LogP contribution < -0.4 is 9.47 Å². The topological polar surface area (TPSA) is 57.1 Å². The normalized spacial score (nSPS) is 14.6. The molecule has 2 aromatic rings. The summed E-state index contributed by atoms with van der Waals surface area (Å²) in [6.45, 7) is 8.32. The molecular formula is C22H19ClINO4. The third-order valence-corrected chi connectivity index (χ3v) is 4.81. The molecule has 3 rings (SSSR count). The lowest BCUT2D eigenvalue weighted by Crippen LogP contribution is -2.05. The number of carbonyl (C=O) groups is 1.